The Hall–Kier alpha value is -2.75. The molecule has 0 fully saturated rings. The van der Waals surface area contributed by atoms with E-state index in [2.05, 4.69) is 26.1 Å². The SMILES string of the molecule is COc1cc(C2c3c(-c4cc(Cl)c(C)cc4O)n[nH]c3C(=O)N2CCCO)cc(Br)c1O. The van der Waals surface area contributed by atoms with Crippen LogP contribution in [0.4, 0.5) is 0 Å². The van der Waals surface area contributed by atoms with Gasteiger partial charge in [-0.25, -0.2) is 0 Å². The van der Waals surface area contributed by atoms with Crippen LogP contribution in [0.15, 0.2) is 28.7 Å². The molecule has 2 aromatic carbocycles. The summed E-state index contributed by atoms with van der Waals surface area (Å²) in [6.07, 6.45) is 0.382. The first-order valence-corrected chi connectivity index (χ1v) is 11.0. The van der Waals surface area contributed by atoms with Gasteiger partial charge in [-0.05, 0) is 64.7 Å². The molecule has 3 aromatic rings. The van der Waals surface area contributed by atoms with Crippen LogP contribution in [0.5, 0.6) is 17.2 Å². The van der Waals surface area contributed by atoms with Crippen LogP contribution in [0.1, 0.15) is 39.6 Å². The van der Waals surface area contributed by atoms with Gasteiger partial charge in [0.2, 0.25) is 0 Å². The quantitative estimate of drug-likeness (QED) is 0.386. The normalized spacial score (nSPS) is 15.3. The van der Waals surface area contributed by atoms with E-state index in [1.165, 1.54) is 7.11 Å². The Morgan fingerprint density at radius 3 is 2.72 bits per heavy atom. The molecule has 0 spiro atoms. The van der Waals surface area contributed by atoms with Crippen molar-refractivity contribution in [3.8, 4) is 28.5 Å². The maximum Gasteiger partial charge on any atom is 0.273 e. The number of carbonyl (C=O) groups is 1. The Morgan fingerprint density at radius 2 is 2.03 bits per heavy atom. The molecule has 8 nitrogen and oxygen atoms in total. The van der Waals surface area contributed by atoms with Crippen LogP contribution < -0.4 is 4.74 Å². The van der Waals surface area contributed by atoms with Crippen LogP contribution in [0.25, 0.3) is 11.3 Å². The zero-order chi connectivity index (χ0) is 23.2. The molecule has 1 unspecified atom stereocenters. The predicted molar refractivity (Wildman–Crippen MR) is 122 cm³/mol. The van der Waals surface area contributed by atoms with Gasteiger partial charge >= 0.3 is 0 Å². The highest BCUT2D eigenvalue weighted by atomic mass is 79.9. The minimum atomic E-state index is -0.594. The fourth-order valence-corrected chi connectivity index (χ4v) is 4.61. The fraction of sp³-hybridized carbons (Fsp3) is 0.273. The molecule has 0 saturated carbocycles. The van der Waals surface area contributed by atoms with Gasteiger partial charge in [-0.2, -0.15) is 5.10 Å². The number of rotatable bonds is 6. The molecule has 0 radical (unpaired) electrons. The van der Waals surface area contributed by atoms with Gasteiger partial charge in [0.15, 0.2) is 11.5 Å². The van der Waals surface area contributed by atoms with Gasteiger partial charge in [-0.1, -0.05) is 11.6 Å². The molecule has 32 heavy (non-hydrogen) atoms. The summed E-state index contributed by atoms with van der Waals surface area (Å²) in [5.74, 6) is -0.106. The number of carbonyl (C=O) groups excluding carboxylic acids is 1. The van der Waals surface area contributed by atoms with Crippen LogP contribution in [-0.4, -0.2) is 56.6 Å². The molecule has 2 heterocycles. The Labute approximate surface area is 197 Å². The lowest BCUT2D eigenvalue weighted by atomic mass is 9.95. The Morgan fingerprint density at radius 1 is 1.28 bits per heavy atom. The average molecular weight is 523 g/mol. The van der Waals surface area contributed by atoms with Gasteiger partial charge in [0.1, 0.15) is 17.1 Å². The number of ether oxygens (including phenoxy) is 1. The Kier molecular flexibility index (Phi) is 6.07. The minimum absolute atomic E-state index is 0.00863. The highest BCUT2D eigenvalue weighted by Crippen LogP contribution is 2.47. The van der Waals surface area contributed by atoms with E-state index in [1.807, 2.05) is 0 Å². The minimum Gasteiger partial charge on any atom is -0.507 e. The lowest BCUT2D eigenvalue weighted by Crippen LogP contribution is -2.31. The number of amides is 1. The summed E-state index contributed by atoms with van der Waals surface area (Å²) in [5, 5.41) is 37.8. The Balaban J connectivity index is 1.94. The van der Waals surface area contributed by atoms with Crippen LogP contribution in [0, 0.1) is 6.92 Å². The monoisotopic (exact) mass is 521 g/mol. The number of aliphatic hydroxyl groups excluding tert-OH is 1. The number of phenolic OH excluding ortho intramolecular Hbond substituents is 2. The predicted octanol–water partition coefficient (Wildman–Crippen LogP) is 4.15. The van der Waals surface area contributed by atoms with E-state index in [-0.39, 0.29) is 29.8 Å². The number of aromatic nitrogens is 2. The van der Waals surface area contributed by atoms with E-state index in [1.54, 1.807) is 36.1 Å². The molecule has 1 aliphatic heterocycles. The van der Waals surface area contributed by atoms with E-state index < -0.39 is 6.04 Å². The average Bonchev–Trinajstić information content (AvgIpc) is 3.30. The van der Waals surface area contributed by atoms with Crippen LogP contribution >= 0.6 is 27.5 Å². The number of H-pyrrole nitrogens is 1. The molecule has 0 bridgehead atoms. The molecule has 1 amide bonds. The Bertz CT molecular complexity index is 1210. The van der Waals surface area contributed by atoms with Crippen molar-refractivity contribution in [2.24, 2.45) is 0 Å². The van der Waals surface area contributed by atoms with E-state index in [0.29, 0.717) is 56.1 Å². The van der Waals surface area contributed by atoms with E-state index in [0.717, 1.165) is 0 Å². The van der Waals surface area contributed by atoms with Crippen molar-refractivity contribution in [2.75, 3.05) is 20.3 Å². The second-order valence-electron chi connectivity index (χ2n) is 7.51. The molecular formula is C22H21BrClN3O5. The number of hydrogen-bond donors (Lipinski definition) is 4. The van der Waals surface area contributed by atoms with Crippen molar-refractivity contribution in [1.29, 1.82) is 0 Å². The van der Waals surface area contributed by atoms with Gasteiger partial charge in [0.25, 0.3) is 5.91 Å². The summed E-state index contributed by atoms with van der Waals surface area (Å²) in [7, 11) is 1.44. The summed E-state index contributed by atoms with van der Waals surface area (Å²) in [4.78, 5) is 14.9. The van der Waals surface area contributed by atoms with Crippen molar-refractivity contribution < 1.29 is 24.9 Å². The molecule has 4 rings (SSSR count). The van der Waals surface area contributed by atoms with Crippen molar-refractivity contribution >= 4 is 33.4 Å². The van der Waals surface area contributed by atoms with E-state index in [9.17, 15) is 20.1 Å². The summed E-state index contributed by atoms with van der Waals surface area (Å²) >= 11 is 9.65. The lowest BCUT2D eigenvalue weighted by molar-refractivity contribution is 0.0732. The molecule has 0 saturated heterocycles. The number of phenols is 2. The van der Waals surface area contributed by atoms with Gasteiger partial charge < -0.3 is 25.0 Å². The molecule has 0 aliphatic carbocycles. The largest absolute Gasteiger partial charge is 0.507 e. The number of aromatic hydroxyl groups is 2. The molecule has 1 aliphatic rings. The van der Waals surface area contributed by atoms with Crippen LogP contribution in [0.3, 0.4) is 0 Å². The van der Waals surface area contributed by atoms with Crippen LogP contribution in [-0.2, 0) is 0 Å². The first-order valence-electron chi connectivity index (χ1n) is 9.84. The molecule has 10 heteroatoms. The summed E-state index contributed by atoms with van der Waals surface area (Å²) < 4.78 is 5.70. The maximum atomic E-state index is 13.2. The first-order chi connectivity index (χ1) is 15.3. The third kappa shape index (κ3) is 3.60. The smallest absolute Gasteiger partial charge is 0.273 e. The molecule has 1 atom stereocenters. The van der Waals surface area contributed by atoms with Crippen molar-refractivity contribution in [2.45, 2.75) is 19.4 Å². The number of nitrogens with one attached hydrogen (secondary N) is 1. The number of hydrogen-bond acceptors (Lipinski definition) is 6. The third-order valence-corrected chi connectivity index (χ3v) is 6.55. The van der Waals surface area contributed by atoms with Gasteiger partial charge in [-0.3, -0.25) is 9.89 Å². The van der Waals surface area contributed by atoms with E-state index >= 15 is 0 Å². The van der Waals surface area contributed by atoms with Crippen LogP contribution in [0.2, 0.25) is 5.02 Å². The zero-order valence-corrected chi connectivity index (χ0v) is 19.7. The van der Waals surface area contributed by atoms with Gasteiger partial charge in [0, 0.05) is 29.3 Å². The number of fused-ring (bicyclic) bond motifs is 1. The number of methoxy groups -OCH3 is 1. The van der Waals surface area contributed by atoms with Crippen molar-refractivity contribution in [1.82, 2.24) is 15.1 Å². The highest BCUT2D eigenvalue weighted by molar-refractivity contribution is 9.10. The molecular weight excluding hydrogens is 502 g/mol. The highest BCUT2D eigenvalue weighted by Gasteiger charge is 2.42. The van der Waals surface area contributed by atoms with Crippen molar-refractivity contribution in [3.63, 3.8) is 0 Å². The molecule has 1 aromatic heterocycles. The number of aromatic amines is 1. The van der Waals surface area contributed by atoms with Crippen molar-refractivity contribution in [3.05, 3.63) is 56.1 Å². The number of nitrogens with zero attached hydrogens (tertiary/aromatic N) is 2. The summed E-state index contributed by atoms with van der Waals surface area (Å²) in [5.41, 5.74) is 3.03. The standard InChI is InChI=1S/C22H21BrClN3O5/c1-10-6-15(29)12(9-14(10)24)18-17-19(26-25-18)22(31)27(4-3-5-28)20(17)11-7-13(23)21(30)16(8-11)32-2/h6-9,20,28-30H,3-5H2,1-2H3,(H,25,26). The van der Waals surface area contributed by atoms with Gasteiger partial charge in [-0.15, -0.1) is 0 Å². The second kappa shape index (κ2) is 8.65. The second-order valence-corrected chi connectivity index (χ2v) is 8.77. The third-order valence-electron chi connectivity index (χ3n) is 5.54. The van der Waals surface area contributed by atoms with Gasteiger partial charge in [0.05, 0.1) is 17.6 Å². The topological polar surface area (TPSA) is 119 Å². The fourth-order valence-electron chi connectivity index (χ4n) is 3.98. The summed E-state index contributed by atoms with van der Waals surface area (Å²) in [6, 6.07) is 5.93. The maximum absolute atomic E-state index is 13.2. The summed E-state index contributed by atoms with van der Waals surface area (Å²) in [6.45, 7) is 2.00. The number of benzene rings is 2. The number of aliphatic hydroxyl groups is 1. The lowest BCUT2D eigenvalue weighted by Gasteiger charge is -2.27. The first kappa shape index (κ1) is 22.4. The number of halogens is 2. The molecule has 4 N–H and O–H groups in total. The zero-order valence-electron chi connectivity index (χ0n) is 17.3. The number of aryl methyl sites for hydroxylation is 1. The molecule has 168 valence electrons. The van der Waals surface area contributed by atoms with E-state index in [4.69, 9.17) is 16.3 Å².